The second-order valence-electron chi connectivity index (χ2n) is 3.89. The number of carbonyl (C=O) groups excluding carboxylic acids is 1. The Bertz CT molecular complexity index is 167. The van der Waals surface area contributed by atoms with Gasteiger partial charge in [-0.2, -0.15) is 0 Å². The van der Waals surface area contributed by atoms with Gasteiger partial charge in [-0.1, -0.05) is 6.42 Å². The van der Waals surface area contributed by atoms with Crippen LogP contribution in [0.1, 0.15) is 32.1 Å². The highest BCUT2D eigenvalue weighted by atomic mass is 16.1. The quantitative estimate of drug-likeness (QED) is 0.610. The zero-order valence-electron chi connectivity index (χ0n) is 7.28. The number of hydrogen-bond donors (Lipinski definition) is 1. The third-order valence-corrected chi connectivity index (χ3v) is 3.23. The zero-order chi connectivity index (χ0) is 8.55. The Labute approximate surface area is 72.9 Å². The van der Waals surface area contributed by atoms with Crippen molar-refractivity contribution in [3.05, 3.63) is 0 Å². The maximum absolute atomic E-state index is 10.6. The summed E-state index contributed by atoms with van der Waals surface area (Å²) < 4.78 is 0. The summed E-state index contributed by atoms with van der Waals surface area (Å²) in [6.07, 6.45) is 6.80. The molecule has 0 aliphatic carbocycles. The summed E-state index contributed by atoms with van der Waals surface area (Å²) >= 11 is 0. The van der Waals surface area contributed by atoms with Crippen LogP contribution in [-0.4, -0.2) is 29.4 Å². The molecule has 2 bridgehead atoms. The fraction of sp³-hybridized carbons (Fsp3) is 0.889. The van der Waals surface area contributed by atoms with Gasteiger partial charge < -0.3 is 10.5 Å². The van der Waals surface area contributed by atoms with Crippen LogP contribution in [0.5, 0.6) is 0 Å². The summed E-state index contributed by atoms with van der Waals surface area (Å²) in [5.74, 6) is 0. The number of nitrogens with two attached hydrogens (primary N) is 1. The first kappa shape index (κ1) is 8.20. The molecule has 0 saturated carbocycles. The number of rotatable bonds is 2. The van der Waals surface area contributed by atoms with Crippen LogP contribution in [0.4, 0.5) is 0 Å². The maximum atomic E-state index is 10.6. The molecule has 0 amide bonds. The molecule has 3 unspecified atom stereocenters. The maximum Gasteiger partial charge on any atom is 0.151 e. The average Bonchev–Trinajstić information content (AvgIpc) is 2.35. The molecule has 0 aromatic carbocycles. The molecule has 0 aromatic rings. The van der Waals surface area contributed by atoms with E-state index in [0.29, 0.717) is 12.1 Å². The minimum Gasteiger partial charge on any atom is -0.310 e. The van der Waals surface area contributed by atoms with Crippen molar-refractivity contribution in [2.75, 3.05) is 0 Å². The van der Waals surface area contributed by atoms with Gasteiger partial charge in [0.2, 0.25) is 0 Å². The van der Waals surface area contributed by atoms with Crippen LogP contribution in [0.2, 0.25) is 0 Å². The molecular weight excluding hydrogens is 152 g/mol. The van der Waals surface area contributed by atoms with Crippen molar-refractivity contribution >= 4 is 6.29 Å². The van der Waals surface area contributed by atoms with Gasteiger partial charge in [-0.05, 0) is 25.7 Å². The van der Waals surface area contributed by atoms with Crippen LogP contribution < -0.4 is 5.73 Å². The van der Waals surface area contributed by atoms with Gasteiger partial charge in [0.1, 0.15) is 6.17 Å². The summed E-state index contributed by atoms with van der Waals surface area (Å²) in [4.78, 5) is 12.8. The number of fused-ring (bicyclic) bond motifs is 2. The average molecular weight is 168 g/mol. The molecule has 0 radical (unpaired) electrons. The molecule has 2 heterocycles. The Kier molecular flexibility index (Phi) is 2.15. The van der Waals surface area contributed by atoms with Crippen molar-refractivity contribution in [2.24, 2.45) is 5.73 Å². The largest absolute Gasteiger partial charge is 0.310 e. The van der Waals surface area contributed by atoms with Gasteiger partial charge in [0.15, 0.2) is 6.29 Å². The molecule has 3 nitrogen and oxygen atoms in total. The minimum absolute atomic E-state index is 0.345. The molecule has 2 aliphatic rings. The van der Waals surface area contributed by atoms with Gasteiger partial charge >= 0.3 is 0 Å². The molecule has 2 saturated heterocycles. The van der Waals surface area contributed by atoms with Crippen molar-refractivity contribution in [1.82, 2.24) is 4.90 Å². The van der Waals surface area contributed by atoms with Crippen LogP contribution in [0.15, 0.2) is 0 Å². The van der Waals surface area contributed by atoms with Crippen LogP contribution in [0.3, 0.4) is 0 Å². The molecule has 68 valence electrons. The topological polar surface area (TPSA) is 46.3 Å². The normalized spacial score (nSPS) is 38.1. The van der Waals surface area contributed by atoms with Crippen LogP contribution in [-0.2, 0) is 4.79 Å². The van der Waals surface area contributed by atoms with Crippen LogP contribution in [0.25, 0.3) is 0 Å². The zero-order valence-corrected chi connectivity index (χ0v) is 7.28. The first-order chi connectivity index (χ1) is 5.83. The highest BCUT2D eigenvalue weighted by molar-refractivity contribution is 5.56. The number of carbonyl (C=O) groups is 1. The second-order valence-corrected chi connectivity index (χ2v) is 3.89. The van der Waals surface area contributed by atoms with Gasteiger partial charge in [0.25, 0.3) is 0 Å². The minimum atomic E-state index is -0.345. The molecular formula is C9H16N2O. The highest BCUT2D eigenvalue weighted by Gasteiger charge is 2.38. The SMILES string of the molecule is NC(C=O)N1C2CCCC1CC2. The first-order valence-electron chi connectivity index (χ1n) is 4.81. The van der Waals surface area contributed by atoms with Crippen molar-refractivity contribution in [1.29, 1.82) is 0 Å². The lowest BCUT2D eigenvalue weighted by atomic mass is 10.0. The summed E-state index contributed by atoms with van der Waals surface area (Å²) in [5.41, 5.74) is 5.73. The molecule has 2 aliphatic heterocycles. The summed E-state index contributed by atoms with van der Waals surface area (Å²) in [7, 11) is 0. The van der Waals surface area contributed by atoms with Crippen LogP contribution >= 0.6 is 0 Å². The van der Waals surface area contributed by atoms with Crippen molar-refractivity contribution in [3.63, 3.8) is 0 Å². The van der Waals surface area contributed by atoms with E-state index >= 15 is 0 Å². The number of hydrogen-bond acceptors (Lipinski definition) is 3. The predicted molar refractivity (Wildman–Crippen MR) is 46.5 cm³/mol. The molecule has 0 aromatic heterocycles. The number of piperidine rings is 1. The lowest BCUT2D eigenvalue weighted by Crippen LogP contribution is -2.51. The van der Waals surface area contributed by atoms with E-state index in [1.807, 2.05) is 0 Å². The smallest absolute Gasteiger partial charge is 0.151 e. The van der Waals surface area contributed by atoms with E-state index < -0.39 is 0 Å². The molecule has 3 heteroatoms. The van der Waals surface area contributed by atoms with Crippen molar-refractivity contribution in [3.8, 4) is 0 Å². The third kappa shape index (κ3) is 1.17. The van der Waals surface area contributed by atoms with E-state index in [1.54, 1.807) is 0 Å². The van der Waals surface area contributed by atoms with E-state index in [9.17, 15) is 4.79 Å². The van der Waals surface area contributed by atoms with E-state index in [2.05, 4.69) is 4.90 Å². The molecule has 2 fully saturated rings. The van der Waals surface area contributed by atoms with Gasteiger partial charge in [0.05, 0.1) is 0 Å². The Hall–Kier alpha value is -0.410. The first-order valence-corrected chi connectivity index (χ1v) is 4.81. The van der Waals surface area contributed by atoms with Crippen LogP contribution in [0, 0.1) is 0 Å². The van der Waals surface area contributed by atoms with E-state index in [4.69, 9.17) is 5.73 Å². The second kappa shape index (κ2) is 3.15. The fourth-order valence-corrected chi connectivity index (χ4v) is 2.71. The summed E-state index contributed by atoms with van der Waals surface area (Å²) in [6, 6.07) is 1.20. The van der Waals surface area contributed by atoms with E-state index in [1.165, 1.54) is 32.1 Å². The van der Waals surface area contributed by atoms with Crippen molar-refractivity contribution in [2.45, 2.75) is 50.4 Å². The Morgan fingerprint density at radius 1 is 1.25 bits per heavy atom. The monoisotopic (exact) mass is 168 g/mol. The van der Waals surface area contributed by atoms with E-state index in [-0.39, 0.29) is 6.17 Å². The molecule has 2 rings (SSSR count). The molecule has 12 heavy (non-hydrogen) atoms. The third-order valence-electron chi connectivity index (χ3n) is 3.23. The van der Waals surface area contributed by atoms with Gasteiger partial charge in [0, 0.05) is 12.1 Å². The predicted octanol–water partition coefficient (Wildman–Crippen LogP) is 0.487. The molecule has 2 N–H and O–H groups in total. The Balaban J connectivity index is 2.09. The summed E-state index contributed by atoms with van der Waals surface area (Å²) in [6.45, 7) is 0. The van der Waals surface area contributed by atoms with Gasteiger partial charge in [-0.3, -0.25) is 4.90 Å². The molecule has 0 spiro atoms. The van der Waals surface area contributed by atoms with Gasteiger partial charge in [-0.25, -0.2) is 0 Å². The van der Waals surface area contributed by atoms with Crippen molar-refractivity contribution < 1.29 is 4.79 Å². The number of nitrogens with zero attached hydrogens (tertiary/aromatic N) is 1. The standard InChI is InChI=1S/C9H16N2O/c10-9(6-12)11-7-2-1-3-8(11)5-4-7/h6-9H,1-5,10H2. The molecule has 3 atom stereocenters. The van der Waals surface area contributed by atoms with E-state index in [0.717, 1.165) is 6.29 Å². The van der Waals surface area contributed by atoms with Gasteiger partial charge in [-0.15, -0.1) is 0 Å². The Morgan fingerprint density at radius 3 is 2.33 bits per heavy atom. The fourth-order valence-electron chi connectivity index (χ4n) is 2.71. The lowest BCUT2D eigenvalue weighted by Gasteiger charge is -2.36. The lowest BCUT2D eigenvalue weighted by molar-refractivity contribution is -0.114. The summed E-state index contributed by atoms with van der Waals surface area (Å²) in [5, 5.41) is 0. The number of aldehydes is 1. The Morgan fingerprint density at radius 2 is 1.83 bits per heavy atom. The highest BCUT2D eigenvalue weighted by Crippen LogP contribution is 2.35.